The van der Waals surface area contributed by atoms with Gasteiger partial charge in [-0.1, -0.05) is 69.5 Å². The lowest BCUT2D eigenvalue weighted by molar-refractivity contribution is 0.294. The second kappa shape index (κ2) is 11.1. The Hall–Kier alpha value is -1.50. The van der Waals surface area contributed by atoms with Crippen molar-refractivity contribution < 1.29 is 4.74 Å². The van der Waals surface area contributed by atoms with Gasteiger partial charge in [-0.15, -0.1) is 0 Å². The maximum absolute atomic E-state index is 5.69. The molecule has 0 spiro atoms. The van der Waals surface area contributed by atoms with Gasteiger partial charge in [-0.3, -0.25) is 0 Å². The molecule has 1 aromatic rings. The zero-order valence-electron chi connectivity index (χ0n) is 15.5. The van der Waals surface area contributed by atoms with Crippen LogP contribution in [0.1, 0.15) is 70.8 Å². The Kier molecular flexibility index (Phi) is 8.73. The van der Waals surface area contributed by atoms with Crippen molar-refractivity contribution in [1.29, 1.82) is 0 Å². The standard InChI is InChI=1S/C23H34O/c1-3-5-19-24-23-17-15-22(16-18-23)10-7-6-9-21-13-11-20(8-4-2)12-14-21/h6-7,9-10,15-18,20-21H,3-5,8,11-14,19H2,1-2H3. The van der Waals surface area contributed by atoms with Gasteiger partial charge in [0.2, 0.25) is 0 Å². The molecular formula is C23H34O. The summed E-state index contributed by atoms with van der Waals surface area (Å²) in [6, 6.07) is 8.38. The van der Waals surface area contributed by atoms with Crippen molar-refractivity contribution >= 4 is 6.08 Å². The molecule has 1 aromatic carbocycles. The van der Waals surface area contributed by atoms with Gasteiger partial charge >= 0.3 is 0 Å². The highest BCUT2D eigenvalue weighted by atomic mass is 16.5. The van der Waals surface area contributed by atoms with E-state index < -0.39 is 0 Å². The Labute approximate surface area is 148 Å². The second-order valence-electron chi connectivity index (χ2n) is 7.08. The van der Waals surface area contributed by atoms with Crippen molar-refractivity contribution in [3.05, 3.63) is 48.1 Å². The van der Waals surface area contributed by atoms with Crippen molar-refractivity contribution in [3.63, 3.8) is 0 Å². The minimum absolute atomic E-state index is 0.789. The maximum Gasteiger partial charge on any atom is 0.119 e. The lowest BCUT2D eigenvalue weighted by Gasteiger charge is -2.26. The van der Waals surface area contributed by atoms with E-state index in [2.05, 4.69) is 62.4 Å². The molecule has 2 rings (SSSR count). The van der Waals surface area contributed by atoms with E-state index in [1.807, 2.05) is 0 Å². The van der Waals surface area contributed by atoms with E-state index in [0.29, 0.717) is 0 Å². The zero-order chi connectivity index (χ0) is 17.0. The molecule has 24 heavy (non-hydrogen) atoms. The Balaban J connectivity index is 1.71. The van der Waals surface area contributed by atoms with E-state index in [1.165, 1.54) is 50.5 Å². The van der Waals surface area contributed by atoms with Gasteiger partial charge in [0.15, 0.2) is 0 Å². The van der Waals surface area contributed by atoms with Gasteiger partial charge in [-0.25, -0.2) is 0 Å². The Morgan fingerprint density at radius 1 is 0.958 bits per heavy atom. The maximum atomic E-state index is 5.69. The molecule has 0 bridgehead atoms. The molecule has 1 nitrogen and oxygen atoms in total. The molecule has 1 heteroatoms. The molecular weight excluding hydrogens is 292 g/mol. The molecule has 1 fully saturated rings. The normalized spacial score (nSPS) is 21.6. The van der Waals surface area contributed by atoms with Crippen molar-refractivity contribution in [3.8, 4) is 5.75 Å². The van der Waals surface area contributed by atoms with E-state index in [-0.39, 0.29) is 0 Å². The fourth-order valence-electron chi connectivity index (χ4n) is 3.48. The summed E-state index contributed by atoms with van der Waals surface area (Å²) in [4.78, 5) is 0. The lowest BCUT2D eigenvalue weighted by Crippen LogP contribution is -2.12. The van der Waals surface area contributed by atoms with Crippen LogP contribution in [0.4, 0.5) is 0 Å². The first-order chi connectivity index (χ1) is 11.8. The van der Waals surface area contributed by atoms with Crippen LogP contribution in [-0.4, -0.2) is 6.61 Å². The summed E-state index contributed by atoms with van der Waals surface area (Å²) in [5, 5.41) is 0. The average Bonchev–Trinajstić information content (AvgIpc) is 2.62. The van der Waals surface area contributed by atoms with Gasteiger partial charge < -0.3 is 4.74 Å². The van der Waals surface area contributed by atoms with Crippen LogP contribution >= 0.6 is 0 Å². The SMILES string of the molecule is CCCCOc1ccc(C=CC=CC2CCC(CCC)CC2)cc1. The van der Waals surface area contributed by atoms with Crippen LogP contribution in [0.2, 0.25) is 0 Å². The predicted octanol–water partition coefficient (Wildman–Crippen LogP) is 7.04. The Bertz CT molecular complexity index is 489. The molecule has 1 aliphatic rings. The van der Waals surface area contributed by atoms with Gasteiger partial charge in [-0.2, -0.15) is 0 Å². The molecule has 0 saturated heterocycles. The third-order valence-corrected chi connectivity index (χ3v) is 5.02. The molecule has 0 heterocycles. The number of allylic oxidation sites excluding steroid dienone is 3. The van der Waals surface area contributed by atoms with Crippen molar-refractivity contribution in [2.75, 3.05) is 6.61 Å². The monoisotopic (exact) mass is 326 g/mol. The van der Waals surface area contributed by atoms with Gasteiger partial charge in [0.25, 0.3) is 0 Å². The molecule has 132 valence electrons. The summed E-state index contributed by atoms with van der Waals surface area (Å²) >= 11 is 0. The van der Waals surface area contributed by atoms with E-state index >= 15 is 0 Å². The van der Waals surface area contributed by atoms with Gasteiger partial charge in [0, 0.05) is 0 Å². The number of ether oxygens (including phenoxy) is 1. The minimum atomic E-state index is 0.789. The van der Waals surface area contributed by atoms with Gasteiger partial charge in [0.05, 0.1) is 6.61 Å². The summed E-state index contributed by atoms with van der Waals surface area (Å²) < 4.78 is 5.69. The summed E-state index contributed by atoms with van der Waals surface area (Å²) in [5.41, 5.74) is 1.23. The first-order valence-electron chi connectivity index (χ1n) is 9.89. The third kappa shape index (κ3) is 6.95. The highest BCUT2D eigenvalue weighted by Gasteiger charge is 2.18. The quantitative estimate of drug-likeness (QED) is 0.349. The smallest absolute Gasteiger partial charge is 0.119 e. The topological polar surface area (TPSA) is 9.23 Å². The summed E-state index contributed by atoms with van der Waals surface area (Å²) in [6.45, 7) is 5.30. The number of unbranched alkanes of at least 4 members (excludes halogenated alkanes) is 1. The summed E-state index contributed by atoms with van der Waals surface area (Å²) in [6.07, 6.45) is 19.6. The van der Waals surface area contributed by atoms with E-state index in [9.17, 15) is 0 Å². The van der Waals surface area contributed by atoms with Crippen LogP contribution in [0, 0.1) is 11.8 Å². The largest absolute Gasteiger partial charge is 0.494 e. The number of benzene rings is 1. The number of hydrogen-bond donors (Lipinski definition) is 0. The Morgan fingerprint density at radius 2 is 1.71 bits per heavy atom. The van der Waals surface area contributed by atoms with E-state index in [4.69, 9.17) is 4.74 Å². The van der Waals surface area contributed by atoms with Crippen LogP contribution < -0.4 is 4.74 Å². The number of hydrogen-bond acceptors (Lipinski definition) is 1. The van der Waals surface area contributed by atoms with Crippen molar-refractivity contribution in [2.24, 2.45) is 11.8 Å². The summed E-state index contributed by atoms with van der Waals surface area (Å²) in [5.74, 6) is 2.75. The Morgan fingerprint density at radius 3 is 2.38 bits per heavy atom. The minimum Gasteiger partial charge on any atom is -0.494 e. The first-order valence-corrected chi connectivity index (χ1v) is 9.89. The average molecular weight is 327 g/mol. The highest BCUT2D eigenvalue weighted by Crippen LogP contribution is 2.32. The van der Waals surface area contributed by atoms with Crippen LogP contribution in [0.15, 0.2) is 42.5 Å². The molecule has 0 atom stereocenters. The van der Waals surface area contributed by atoms with Crippen LogP contribution in [0.25, 0.3) is 6.08 Å². The fraction of sp³-hybridized carbons (Fsp3) is 0.565. The van der Waals surface area contributed by atoms with Crippen molar-refractivity contribution in [1.82, 2.24) is 0 Å². The molecule has 0 unspecified atom stereocenters. The van der Waals surface area contributed by atoms with Gasteiger partial charge in [0.1, 0.15) is 5.75 Å². The fourth-order valence-corrected chi connectivity index (χ4v) is 3.48. The highest BCUT2D eigenvalue weighted by molar-refractivity contribution is 5.52. The first kappa shape index (κ1) is 18.8. The lowest BCUT2D eigenvalue weighted by atomic mass is 9.80. The van der Waals surface area contributed by atoms with Gasteiger partial charge in [-0.05, 0) is 61.6 Å². The molecule has 0 N–H and O–H groups in total. The van der Waals surface area contributed by atoms with Crippen molar-refractivity contribution in [2.45, 2.75) is 65.2 Å². The van der Waals surface area contributed by atoms with E-state index in [0.717, 1.165) is 30.6 Å². The molecule has 1 saturated carbocycles. The van der Waals surface area contributed by atoms with E-state index in [1.54, 1.807) is 0 Å². The molecule has 1 aliphatic carbocycles. The zero-order valence-corrected chi connectivity index (χ0v) is 15.5. The van der Waals surface area contributed by atoms with Crippen LogP contribution in [-0.2, 0) is 0 Å². The molecule has 0 aromatic heterocycles. The summed E-state index contributed by atoms with van der Waals surface area (Å²) in [7, 11) is 0. The predicted molar refractivity (Wildman–Crippen MR) is 105 cm³/mol. The second-order valence-corrected chi connectivity index (χ2v) is 7.08. The molecule has 0 amide bonds. The van der Waals surface area contributed by atoms with Crippen LogP contribution in [0.3, 0.4) is 0 Å². The third-order valence-electron chi connectivity index (χ3n) is 5.02. The molecule has 0 aliphatic heterocycles. The molecule has 0 radical (unpaired) electrons. The number of rotatable bonds is 9. The van der Waals surface area contributed by atoms with Crippen LogP contribution in [0.5, 0.6) is 5.75 Å².